The van der Waals surface area contributed by atoms with Gasteiger partial charge in [-0.1, -0.05) is 6.07 Å². The molecule has 0 aromatic carbocycles. The topological polar surface area (TPSA) is 71.0 Å². The van der Waals surface area contributed by atoms with E-state index in [-0.39, 0.29) is 11.8 Å². The van der Waals surface area contributed by atoms with Crippen molar-refractivity contribution in [2.45, 2.75) is 19.8 Å². The van der Waals surface area contributed by atoms with Gasteiger partial charge in [0.2, 0.25) is 11.9 Å². The van der Waals surface area contributed by atoms with Gasteiger partial charge in [0.15, 0.2) is 0 Å². The van der Waals surface area contributed by atoms with Crippen molar-refractivity contribution in [3.05, 3.63) is 42.4 Å². The molecule has 1 saturated heterocycles. The third-order valence-corrected chi connectivity index (χ3v) is 3.79. The molecule has 1 amide bonds. The highest BCUT2D eigenvalue weighted by atomic mass is 16.2. The largest absolute Gasteiger partial charge is 0.340 e. The van der Waals surface area contributed by atoms with E-state index in [0.717, 1.165) is 24.9 Å². The van der Waals surface area contributed by atoms with E-state index in [1.54, 1.807) is 24.7 Å². The molecule has 1 aliphatic heterocycles. The SMILES string of the molecule is Cc1ccc(NC(=O)[C@@H]2CCCN(c3ncccn3)C2)nc1. The van der Waals surface area contributed by atoms with Gasteiger partial charge in [0.25, 0.3) is 0 Å². The molecule has 0 unspecified atom stereocenters. The normalized spacial score (nSPS) is 18.0. The highest BCUT2D eigenvalue weighted by Gasteiger charge is 2.27. The Morgan fingerprint density at radius 3 is 2.82 bits per heavy atom. The molecule has 3 rings (SSSR count). The summed E-state index contributed by atoms with van der Waals surface area (Å²) in [4.78, 5) is 27.2. The second kappa shape index (κ2) is 6.51. The van der Waals surface area contributed by atoms with Crippen LogP contribution in [0.2, 0.25) is 0 Å². The fourth-order valence-electron chi connectivity index (χ4n) is 2.60. The van der Waals surface area contributed by atoms with Gasteiger partial charge in [0, 0.05) is 31.7 Å². The van der Waals surface area contributed by atoms with Crippen molar-refractivity contribution in [3.63, 3.8) is 0 Å². The molecule has 22 heavy (non-hydrogen) atoms. The van der Waals surface area contributed by atoms with Crippen LogP contribution in [0.5, 0.6) is 0 Å². The van der Waals surface area contributed by atoms with Crippen molar-refractivity contribution in [3.8, 4) is 0 Å². The number of aryl methyl sites for hydroxylation is 1. The summed E-state index contributed by atoms with van der Waals surface area (Å²) in [6, 6.07) is 5.56. The third kappa shape index (κ3) is 3.39. The lowest BCUT2D eigenvalue weighted by Gasteiger charge is -2.31. The second-order valence-electron chi connectivity index (χ2n) is 5.54. The van der Waals surface area contributed by atoms with Crippen LogP contribution in [0.15, 0.2) is 36.8 Å². The number of piperidine rings is 1. The maximum Gasteiger partial charge on any atom is 0.230 e. The van der Waals surface area contributed by atoms with Gasteiger partial charge in [0.05, 0.1) is 5.92 Å². The lowest BCUT2D eigenvalue weighted by Crippen LogP contribution is -2.41. The van der Waals surface area contributed by atoms with Crippen LogP contribution in [0.4, 0.5) is 11.8 Å². The molecule has 0 aliphatic carbocycles. The van der Waals surface area contributed by atoms with Crippen LogP contribution >= 0.6 is 0 Å². The number of hydrogen-bond donors (Lipinski definition) is 1. The molecule has 1 fully saturated rings. The number of nitrogens with zero attached hydrogens (tertiary/aromatic N) is 4. The molecule has 2 aromatic heterocycles. The molecule has 1 N–H and O–H groups in total. The van der Waals surface area contributed by atoms with E-state index in [1.165, 1.54) is 0 Å². The van der Waals surface area contributed by atoms with Gasteiger partial charge in [-0.15, -0.1) is 0 Å². The molecule has 114 valence electrons. The van der Waals surface area contributed by atoms with Gasteiger partial charge < -0.3 is 10.2 Å². The predicted octanol–water partition coefficient (Wildman–Crippen LogP) is 2.04. The van der Waals surface area contributed by atoms with Gasteiger partial charge in [-0.2, -0.15) is 0 Å². The minimum atomic E-state index is -0.0688. The van der Waals surface area contributed by atoms with E-state index in [9.17, 15) is 4.79 Å². The summed E-state index contributed by atoms with van der Waals surface area (Å²) in [5.74, 6) is 1.23. The van der Waals surface area contributed by atoms with Gasteiger partial charge in [-0.25, -0.2) is 15.0 Å². The number of carbonyl (C=O) groups excluding carboxylic acids is 1. The molecule has 3 heterocycles. The smallest absolute Gasteiger partial charge is 0.230 e. The Kier molecular flexibility index (Phi) is 4.27. The number of nitrogens with one attached hydrogen (secondary N) is 1. The molecule has 6 nitrogen and oxygen atoms in total. The molecule has 0 radical (unpaired) electrons. The third-order valence-electron chi connectivity index (χ3n) is 3.79. The highest BCUT2D eigenvalue weighted by molar-refractivity contribution is 5.92. The van der Waals surface area contributed by atoms with Crippen molar-refractivity contribution in [1.29, 1.82) is 0 Å². The zero-order valence-electron chi connectivity index (χ0n) is 12.6. The van der Waals surface area contributed by atoms with Crippen molar-refractivity contribution < 1.29 is 4.79 Å². The Morgan fingerprint density at radius 1 is 1.27 bits per heavy atom. The number of aromatic nitrogens is 3. The number of pyridine rings is 1. The van der Waals surface area contributed by atoms with Crippen LogP contribution < -0.4 is 10.2 Å². The first-order valence-electron chi connectivity index (χ1n) is 7.48. The van der Waals surface area contributed by atoms with E-state index in [0.29, 0.717) is 18.3 Å². The lowest BCUT2D eigenvalue weighted by atomic mass is 9.97. The summed E-state index contributed by atoms with van der Waals surface area (Å²) in [7, 11) is 0. The van der Waals surface area contributed by atoms with Crippen molar-refractivity contribution >= 4 is 17.7 Å². The minimum absolute atomic E-state index is 0.0111. The lowest BCUT2D eigenvalue weighted by molar-refractivity contribution is -0.120. The van der Waals surface area contributed by atoms with E-state index < -0.39 is 0 Å². The first-order valence-corrected chi connectivity index (χ1v) is 7.48. The first kappa shape index (κ1) is 14.4. The quantitative estimate of drug-likeness (QED) is 0.938. The van der Waals surface area contributed by atoms with Crippen molar-refractivity contribution in [2.24, 2.45) is 5.92 Å². The summed E-state index contributed by atoms with van der Waals surface area (Å²) in [6.07, 6.45) is 7.03. The molecule has 1 aliphatic rings. The Labute approximate surface area is 129 Å². The molecule has 0 bridgehead atoms. The van der Waals surface area contributed by atoms with Gasteiger partial charge in [0.1, 0.15) is 5.82 Å². The monoisotopic (exact) mass is 297 g/mol. The highest BCUT2D eigenvalue weighted by Crippen LogP contribution is 2.21. The van der Waals surface area contributed by atoms with Gasteiger partial charge in [-0.05, 0) is 37.5 Å². The first-order chi connectivity index (χ1) is 10.7. The van der Waals surface area contributed by atoms with Crippen LogP contribution in [-0.2, 0) is 4.79 Å². The van der Waals surface area contributed by atoms with E-state index in [2.05, 4.69) is 25.2 Å². The van der Waals surface area contributed by atoms with E-state index in [1.807, 2.05) is 19.1 Å². The van der Waals surface area contributed by atoms with Gasteiger partial charge >= 0.3 is 0 Å². The number of amides is 1. The van der Waals surface area contributed by atoms with Gasteiger partial charge in [-0.3, -0.25) is 4.79 Å². The molecule has 0 saturated carbocycles. The molecular formula is C16H19N5O. The summed E-state index contributed by atoms with van der Waals surface area (Å²) in [5, 5.41) is 2.89. The molecule has 6 heteroatoms. The summed E-state index contributed by atoms with van der Waals surface area (Å²) in [6.45, 7) is 3.50. The zero-order chi connectivity index (χ0) is 15.4. The van der Waals surface area contributed by atoms with Crippen LogP contribution in [0, 0.1) is 12.8 Å². The fourth-order valence-corrected chi connectivity index (χ4v) is 2.60. The fraction of sp³-hybridized carbons (Fsp3) is 0.375. The summed E-state index contributed by atoms with van der Waals surface area (Å²) in [5.41, 5.74) is 1.07. The molecule has 2 aromatic rings. The molecule has 1 atom stereocenters. The average molecular weight is 297 g/mol. The maximum absolute atomic E-state index is 12.4. The van der Waals surface area contributed by atoms with Crippen LogP contribution in [-0.4, -0.2) is 33.9 Å². The summed E-state index contributed by atoms with van der Waals surface area (Å²) < 4.78 is 0. The Hall–Kier alpha value is -2.50. The Morgan fingerprint density at radius 2 is 2.09 bits per heavy atom. The number of hydrogen-bond acceptors (Lipinski definition) is 5. The van der Waals surface area contributed by atoms with Crippen molar-refractivity contribution in [1.82, 2.24) is 15.0 Å². The zero-order valence-corrected chi connectivity index (χ0v) is 12.6. The predicted molar refractivity (Wildman–Crippen MR) is 84.6 cm³/mol. The number of rotatable bonds is 3. The minimum Gasteiger partial charge on any atom is -0.340 e. The van der Waals surface area contributed by atoms with E-state index in [4.69, 9.17) is 0 Å². The maximum atomic E-state index is 12.4. The van der Waals surface area contributed by atoms with Crippen LogP contribution in [0.1, 0.15) is 18.4 Å². The Balaban J connectivity index is 1.64. The second-order valence-corrected chi connectivity index (χ2v) is 5.54. The standard InChI is InChI=1S/C16H19N5O/c1-12-5-6-14(19-10-12)20-15(22)13-4-2-9-21(11-13)16-17-7-3-8-18-16/h3,5-8,10,13H,2,4,9,11H2,1H3,(H,19,20,22)/t13-/m1/s1. The number of carbonyl (C=O) groups is 1. The molecular weight excluding hydrogens is 278 g/mol. The van der Waals surface area contributed by atoms with Crippen LogP contribution in [0.3, 0.4) is 0 Å². The van der Waals surface area contributed by atoms with E-state index >= 15 is 0 Å². The van der Waals surface area contributed by atoms with Crippen LogP contribution in [0.25, 0.3) is 0 Å². The average Bonchev–Trinajstić information content (AvgIpc) is 2.58. The Bertz CT molecular complexity index is 629. The summed E-state index contributed by atoms with van der Waals surface area (Å²) >= 11 is 0. The van der Waals surface area contributed by atoms with Crippen molar-refractivity contribution in [2.75, 3.05) is 23.3 Å². The number of anilines is 2. The molecule has 0 spiro atoms.